The van der Waals surface area contributed by atoms with Gasteiger partial charge in [-0.15, -0.1) is 0 Å². The molecule has 3 N–H and O–H groups in total. The molecule has 0 unspecified atom stereocenters. The molecule has 1 aromatic carbocycles. The molecule has 0 fully saturated rings. The van der Waals surface area contributed by atoms with Gasteiger partial charge in [0.2, 0.25) is 5.78 Å². The highest BCUT2D eigenvalue weighted by Crippen LogP contribution is 2.27. The van der Waals surface area contributed by atoms with Crippen LogP contribution >= 0.6 is 0 Å². The number of aryl methyl sites for hydroxylation is 2. The molecule has 126 valence electrons. The van der Waals surface area contributed by atoms with Crippen molar-refractivity contribution in [1.29, 1.82) is 0 Å². The Bertz CT molecular complexity index is 1260. The normalized spacial score (nSPS) is 11.9. The molecule has 0 spiro atoms. The van der Waals surface area contributed by atoms with Gasteiger partial charge in [0.15, 0.2) is 11.2 Å². The summed E-state index contributed by atoms with van der Waals surface area (Å²) in [5, 5.41) is 3.64. The van der Waals surface area contributed by atoms with Crippen LogP contribution in [0.4, 0.5) is 0 Å². The van der Waals surface area contributed by atoms with E-state index in [0.717, 1.165) is 11.3 Å². The van der Waals surface area contributed by atoms with Gasteiger partial charge in [0.25, 0.3) is 5.56 Å². The number of H-pyrrole nitrogens is 1. The zero-order valence-electron chi connectivity index (χ0n) is 13.6. The Morgan fingerprint density at radius 3 is 2.56 bits per heavy atom. The van der Waals surface area contributed by atoms with Crippen molar-refractivity contribution in [1.82, 2.24) is 23.5 Å². The second kappa shape index (κ2) is 5.20. The average Bonchev–Trinajstić information content (AvgIpc) is 3.11. The molecule has 0 radical (unpaired) electrons. The molecule has 4 rings (SSSR count). The van der Waals surface area contributed by atoms with Gasteiger partial charge in [0, 0.05) is 19.7 Å². The van der Waals surface area contributed by atoms with Crippen molar-refractivity contribution in [2.24, 2.45) is 25.0 Å². The maximum absolute atomic E-state index is 12.4. The largest absolute Gasteiger partial charge is 0.329 e. The predicted molar refractivity (Wildman–Crippen MR) is 94.7 cm³/mol. The van der Waals surface area contributed by atoms with E-state index in [1.807, 2.05) is 41.9 Å². The molecule has 0 saturated carbocycles. The highest BCUT2D eigenvalue weighted by atomic mass is 16.2. The summed E-state index contributed by atoms with van der Waals surface area (Å²) in [5.41, 5.74) is 1.89. The summed E-state index contributed by atoms with van der Waals surface area (Å²) in [7, 11) is 3.39. The van der Waals surface area contributed by atoms with Crippen LogP contribution in [0.5, 0.6) is 0 Å². The van der Waals surface area contributed by atoms with E-state index < -0.39 is 11.2 Å². The number of aromatic nitrogens is 5. The van der Waals surface area contributed by atoms with Crippen LogP contribution in [-0.2, 0) is 14.1 Å². The van der Waals surface area contributed by atoms with Gasteiger partial charge in [-0.05, 0) is 0 Å². The second-order valence-electron chi connectivity index (χ2n) is 5.67. The molecule has 0 amide bonds. The third-order valence-electron chi connectivity index (χ3n) is 4.26. The standard InChI is InChI=1S/C16H15N7O2/c1-21-11(9-6-4-3-5-7-9)10(8-18-17)23-12-13(19-15(21)23)22(2)16(25)20-14(12)24/h3-8H,17H2,1-2H3,(H,20,24,25). The molecule has 25 heavy (non-hydrogen) atoms. The lowest BCUT2D eigenvalue weighted by Gasteiger charge is -2.05. The van der Waals surface area contributed by atoms with Gasteiger partial charge in [-0.1, -0.05) is 30.3 Å². The van der Waals surface area contributed by atoms with Gasteiger partial charge >= 0.3 is 5.69 Å². The SMILES string of the molecule is Cn1c(-c2ccccc2)c(C=NN)n2c3c(=O)[nH]c(=O)n(C)c3nc12. The molecule has 0 aliphatic carbocycles. The van der Waals surface area contributed by atoms with E-state index in [0.29, 0.717) is 17.1 Å². The van der Waals surface area contributed by atoms with E-state index in [1.165, 1.54) is 10.8 Å². The molecule has 4 aromatic rings. The number of imidazole rings is 2. The van der Waals surface area contributed by atoms with Crippen molar-refractivity contribution in [3.63, 3.8) is 0 Å². The summed E-state index contributed by atoms with van der Waals surface area (Å²) in [6, 6.07) is 9.66. The Kier molecular flexibility index (Phi) is 3.11. The quantitative estimate of drug-likeness (QED) is 0.308. The van der Waals surface area contributed by atoms with Crippen molar-refractivity contribution < 1.29 is 0 Å². The van der Waals surface area contributed by atoms with Crippen molar-refractivity contribution in [3.8, 4) is 11.3 Å². The van der Waals surface area contributed by atoms with Crippen LogP contribution in [-0.4, -0.2) is 29.7 Å². The first kappa shape index (κ1) is 14.9. The van der Waals surface area contributed by atoms with Gasteiger partial charge in [-0.2, -0.15) is 10.1 Å². The molecule has 0 saturated heterocycles. The van der Waals surface area contributed by atoms with Gasteiger partial charge in [-0.25, -0.2) is 4.79 Å². The number of rotatable bonds is 2. The lowest BCUT2D eigenvalue weighted by atomic mass is 10.1. The van der Waals surface area contributed by atoms with Crippen LogP contribution in [0.15, 0.2) is 45.0 Å². The number of hydrogen-bond acceptors (Lipinski definition) is 5. The summed E-state index contributed by atoms with van der Waals surface area (Å²) in [4.78, 5) is 31.1. The van der Waals surface area contributed by atoms with Gasteiger partial charge in [0.1, 0.15) is 0 Å². The van der Waals surface area contributed by atoms with Crippen LogP contribution in [0, 0.1) is 0 Å². The van der Waals surface area contributed by atoms with Gasteiger partial charge in [0.05, 0.1) is 17.6 Å². The average molecular weight is 337 g/mol. The van der Waals surface area contributed by atoms with Crippen molar-refractivity contribution in [2.45, 2.75) is 0 Å². The minimum Gasteiger partial charge on any atom is -0.323 e. The van der Waals surface area contributed by atoms with Gasteiger partial charge < -0.3 is 10.4 Å². The number of aromatic amines is 1. The Morgan fingerprint density at radius 2 is 1.88 bits per heavy atom. The first-order valence-corrected chi connectivity index (χ1v) is 7.53. The number of nitrogens with two attached hydrogens (primary N) is 1. The lowest BCUT2D eigenvalue weighted by Crippen LogP contribution is -2.28. The van der Waals surface area contributed by atoms with E-state index in [-0.39, 0.29) is 5.52 Å². The number of hydrazone groups is 1. The highest BCUT2D eigenvalue weighted by molar-refractivity contribution is 5.92. The molecule has 0 aliphatic rings. The summed E-state index contributed by atoms with van der Waals surface area (Å²) in [5.74, 6) is 5.91. The minimum atomic E-state index is -0.516. The first-order chi connectivity index (χ1) is 12.0. The Hall–Kier alpha value is -3.62. The maximum atomic E-state index is 12.4. The van der Waals surface area contributed by atoms with Crippen molar-refractivity contribution >= 4 is 23.2 Å². The van der Waals surface area contributed by atoms with E-state index >= 15 is 0 Å². The summed E-state index contributed by atoms with van der Waals surface area (Å²) in [6.07, 6.45) is 1.47. The minimum absolute atomic E-state index is 0.268. The monoisotopic (exact) mass is 337 g/mol. The number of fused-ring (bicyclic) bond motifs is 3. The molecule has 0 bridgehead atoms. The third-order valence-corrected chi connectivity index (χ3v) is 4.26. The Morgan fingerprint density at radius 1 is 1.16 bits per heavy atom. The van der Waals surface area contributed by atoms with Crippen LogP contribution in [0.1, 0.15) is 5.69 Å². The van der Waals surface area contributed by atoms with Crippen molar-refractivity contribution in [2.75, 3.05) is 0 Å². The van der Waals surface area contributed by atoms with Gasteiger partial charge in [-0.3, -0.25) is 18.7 Å². The van der Waals surface area contributed by atoms with E-state index in [1.54, 1.807) is 11.4 Å². The molecule has 9 nitrogen and oxygen atoms in total. The zero-order valence-corrected chi connectivity index (χ0v) is 13.6. The second-order valence-corrected chi connectivity index (χ2v) is 5.67. The molecule has 0 aliphatic heterocycles. The molecule has 0 atom stereocenters. The number of benzene rings is 1. The predicted octanol–water partition coefficient (Wildman–Crippen LogP) is 0.173. The zero-order chi connectivity index (χ0) is 17.7. The highest BCUT2D eigenvalue weighted by Gasteiger charge is 2.22. The molecular formula is C16H15N7O2. The summed E-state index contributed by atoms with van der Waals surface area (Å²) in [6.45, 7) is 0. The topological polar surface area (TPSA) is 115 Å². The number of nitrogens with one attached hydrogen (secondary N) is 1. The van der Waals surface area contributed by atoms with E-state index in [9.17, 15) is 9.59 Å². The van der Waals surface area contributed by atoms with Crippen LogP contribution < -0.4 is 17.1 Å². The Balaban J connectivity index is 2.27. The number of hydrogen-bond donors (Lipinski definition) is 2. The van der Waals surface area contributed by atoms with Crippen LogP contribution in [0.3, 0.4) is 0 Å². The molecule has 3 aromatic heterocycles. The lowest BCUT2D eigenvalue weighted by molar-refractivity contribution is 0.830. The van der Waals surface area contributed by atoms with E-state index in [2.05, 4.69) is 15.1 Å². The fourth-order valence-electron chi connectivity index (χ4n) is 3.13. The fourth-order valence-corrected chi connectivity index (χ4v) is 3.13. The summed E-state index contributed by atoms with van der Waals surface area (Å²) >= 11 is 0. The van der Waals surface area contributed by atoms with Crippen LogP contribution in [0.2, 0.25) is 0 Å². The molecular weight excluding hydrogens is 322 g/mol. The Labute approximate surface area is 140 Å². The molecule has 9 heteroatoms. The third kappa shape index (κ3) is 1.95. The summed E-state index contributed by atoms with van der Waals surface area (Å²) < 4.78 is 4.80. The van der Waals surface area contributed by atoms with Crippen LogP contribution in [0.25, 0.3) is 28.2 Å². The fraction of sp³-hybridized carbons (Fsp3) is 0.125. The smallest absolute Gasteiger partial charge is 0.323 e. The number of nitrogens with zero attached hydrogens (tertiary/aromatic N) is 5. The van der Waals surface area contributed by atoms with E-state index in [4.69, 9.17) is 5.84 Å². The van der Waals surface area contributed by atoms with Crippen molar-refractivity contribution in [3.05, 3.63) is 56.9 Å². The molecule has 3 heterocycles. The first-order valence-electron chi connectivity index (χ1n) is 7.53. The maximum Gasteiger partial charge on any atom is 0.329 e.